The average Bonchev–Trinajstić information content (AvgIpc) is 3.13. The molecule has 0 bridgehead atoms. The molecular weight excluding hydrogens is 528 g/mol. The Bertz CT molecular complexity index is 1410. The van der Waals surface area contributed by atoms with Gasteiger partial charge in [0.15, 0.2) is 22.4 Å². The van der Waals surface area contributed by atoms with Gasteiger partial charge in [0.05, 0.1) is 27.9 Å². The average molecular weight is 553 g/mol. The molecule has 6 nitrogen and oxygen atoms in total. The highest BCUT2D eigenvalue weighted by atomic mass is 35.5. The van der Waals surface area contributed by atoms with E-state index in [1.54, 1.807) is 53.4 Å². The molecule has 1 aliphatic heterocycles. The molecule has 9 heteroatoms. The highest BCUT2D eigenvalue weighted by Crippen LogP contribution is 2.38. The molecule has 190 valence electrons. The Kier molecular flexibility index (Phi) is 8.53. The highest BCUT2D eigenvalue weighted by Gasteiger charge is 2.34. The van der Waals surface area contributed by atoms with E-state index in [1.807, 2.05) is 39.0 Å². The SMILES string of the molecule is CCOc1cc(/C=C2\SC(=S)N(c3ccc(C)cc3C)C2=O)ccc1OCC(=O)Nc1ccccc1Cl. The van der Waals surface area contributed by atoms with Gasteiger partial charge in [0.25, 0.3) is 11.8 Å². The molecule has 0 aliphatic carbocycles. The molecule has 3 aromatic carbocycles. The van der Waals surface area contributed by atoms with E-state index in [1.165, 1.54) is 11.8 Å². The summed E-state index contributed by atoms with van der Waals surface area (Å²) >= 11 is 12.9. The van der Waals surface area contributed by atoms with E-state index < -0.39 is 0 Å². The lowest BCUT2D eigenvalue weighted by molar-refractivity contribution is -0.118. The molecule has 0 aromatic heterocycles. The zero-order valence-electron chi connectivity index (χ0n) is 20.5. The van der Waals surface area contributed by atoms with Gasteiger partial charge in [-0.15, -0.1) is 0 Å². The Balaban J connectivity index is 1.50. The maximum absolute atomic E-state index is 13.2. The summed E-state index contributed by atoms with van der Waals surface area (Å²) in [5, 5.41) is 3.16. The van der Waals surface area contributed by atoms with Crippen LogP contribution < -0.4 is 19.7 Å². The van der Waals surface area contributed by atoms with Gasteiger partial charge in [-0.05, 0) is 68.3 Å². The summed E-state index contributed by atoms with van der Waals surface area (Å²) in [5.74, 6) is 0.356. The largest absolute Gasteiger partial charge is 0.490 e. The lowest BCUT2D eigenvalue weighted by atomic mass is 10.1. The number of halogens is 1. The van der Waals surface area contributed by atoms with Crippen molar-refractivity contribution in [2.75, 3.05) is 23.4 Å². The van der Waals surface area contributed by atoms with E-state index in [9.17, 15) is 9.59 Å². The number of para-hydroxylation sites is 1. The van der Waals surface area contributed by atoms with Crippen LogP contribution in [0.2, 0.25) is 5.02 Å². The van der Waals surface area contributed by atoms with Crippen LogP contribution in [0.3, 0.4) is 0 Å². The zero-order chi connectivity index (χ0) is 26.5. The second-order valence-electron chi connectivity index (χ2n) is 8.26. The van der Waals surface area contributed by atoms with Crippen LogP contribution >= 0.6 is 35.6 Å². The number of amides is 2. The summed E-state index contributed by atoms with van der Waals surface area (Å²) in [6.07, 6.45) is 1.78. The van der Waals surface area contributed by atoms with Crippen molar-refractivity contribution in [3.63, 3.8) is 0 Å². The van der Waals surface area contributed by atoms with Crippen LogP contribution in [-0.4, -0.2) is 29.3 Å². The summed E-state index contributed by atoms with van der Waals surface area (Å²) in [6, 6.07) is 18.2. The van der Waals surface area contributed by atoms with Crippen molar-refractivity contribution in [1.29, 1.82) is 0 Å². The topological polar surface area (TPSA) is 67.9 Å². The van der Waals surface area contributed by atoms with E-state index >= 15 is 0 Å². The summed E-state index contributed by atoms with van der Waals surface area (Å²) in [5.41, 5.74) is 4.14. The summed E-state index contributed by atoms with van der Waals surface area (Å²) < 4.78 is 11.9. The fourth-order valence-corrected chi connectivity index (χ4v) is 5.25. The number of nitrogens with one attached hydrogen (secondary N) is 1. The number of anilines is 2. The first-order chi connectivity index (χ1) is 17.8. The first-order valence-electron chi connectivity index (χ1n) is 11.6. The number of aryl methyl sites for hydroxylation is 2. The third kappa shape index (κ3) is 6.33. The molecule has 0 spiro atoms. The van der Waals surface area contributed by atoms with Crippen molar-refractivity contribution in [2.45, 2.75) is 20.8 Å². The van der Waals surface area contributed by atoms with Gasteiger partial charge >= 0.3 is 0 Å². The number of hydrogen-bond acceptors (Lipinski definition) is 6. The third-order valence-corrected chi connectivity index (χ3v) is 7.09. The second kappa shape index (κ2) is 11.8. The standard InChI is InChI=1S/C28H25ClN2O4S2/c1-4-34-24-14-19(10-12-23(24)35-16-26(32)30-21-8-6-5-7-20(21)29)15-25-27(33)31(28(36)37-25)22-11-9-17(2)13-18(22)3/h5-15H,4,16H2,1-3H3,(H,30,32)/b25-15-. The minimum Gasteiger partial charge on any atom is -0.490 e. The van der Waals surface area contributed by atoms with E-state index in [-0.39, 0.29) is 18.4 Å². The smallest absolute Gasteiger partial charge is 0.270 e. The van der Waals surface area contributed by atoms with E-state index in [2.05, 4.69) is 5.32 Å². The quantitative estimate of drug-likeness (QED) is 0.245. The molecule has 0 unspecified atom stereocenters. The molecule has 1 N–H and O–H groups in total. The molecule has 0 radical (unpaired) electrons. The monoisotopic (exact) mass is 552 g/mol. The Labute approximate surface area is 230 Å². The van der Waals surface area contributed by atoms with Crippen LogP contribution in [0.15, 0.2) is 65.6 Å². The number of carbonyl (C=O) groups is 2. The number of hydrogen-bond donors (Lipinski definition) is 1. The minimum absolute atomic E-state index is 0.170. The van der Waals surface area contributed by atoms with Gasteiger partial charge < -0.3 is 14.8 Å². The van der Waals surface area contributed by atoms with Gasteiger partial charge in [-0.1, -0.05) is 71.5 Å². The third-order valence-electron chi connectivity index (χ3n) is 5.46. The summed E-state index contributed by atoms with van der Waals surface area (Å²) in [6.45, 7) is 6.01. The number of thiocarbonyl (C=S) groups is 1. The van der Waals surface area contributed by atoms with E-state index in [4.69, 9.17) is 33.3 Å². The molecule has 0 atom stereocenters. The summed E-state index contributed by atoms with van der Waals surface area (Å²) in [7, 11) is 0. The number of ether oxygens (including phenoxy) is 2. The van der Waals surface area contributed by atoms with Crippen LogP contribution in [0.25, 0.3) is 6.08 Å². The predicted octanol–water partition coefficient (Wildman–Crippen LogP) is 6.78. The lowest BCUT2D eigenvalue weighted by Gasteiger charge is -2.17. The zero-order valence-corrected chi connectivity index (χ0v) is 22.9. The van der Waals surface area contributed by atoms with Gasteiger partial charge in [0.2, 0.25) is 0 Å². The van der Waals surface area contributed by atoms with Gasteiger partial charge in [-0.2, -0.15) is 0 Å². The fourth-order valence-electron chi connectivity index (χ4n) is 3.78. The van der Waals surface area contributed by atoms with E-state index in [0.29, 0.717) is 38.0 Å². The molecular formula is C28H25ClN2O4S2. The number of benzene rings is 3. The Morgan fingerprint density at radius 1 is 1.08 bits per heavy atom. The molecule has 4 rings (SSSR count). The maximum Gasteiger partial charge on any atom is 0.270 e. The highest BCUT2D eigenvalue weighted by molar-refractivity contribution is 8.27. The predicted molar refractivity (Wildman–Crippen MR) is 155 cm³/mol. The van der Waals surface area contributed by atoms with Crippen LogP contribution in [0.5, 0.6) is 11.5 Å². The molecule has 0 saturated carbocycles. The van der Waals surface area contributed by atoms with Crippen molar-refractivity contribution >= 4 is 69.2 Å². The first-order valence-corrected chi connectivity index (χ1v) is 13.2. The molecule has 1 saturated heterocycles. The molecule has 1 heterocycles. The Morgan fingerprint density at radius 3 is 2.59 bits per heavy atom. The lowest BCUT2D eigenvalue weighted by Crippen LogP contribution is -2.28. The van der Waals surface area contributed by atoms with E-state index in [0.717, 1.165) is 22.4 Å². The fraction of sp³-hybridized carbons (Fsp3) is 0.179. The van der Waals surface area contributed by atoms with Crippen molar-refractivity contribution in [3.8, 4) is 11.5 Å². The Hall–Kier alpha value is -3.33. The van der Waals surface area contributed by atoms with Crippen LogP contribution in [0.1, 0.15) is 23.6 Å². The first kappa shape index (κ1) is 26.7. The van der Waals surface area contributed by atoms with Crippen LogP contribution in [-0.2, 0) is 9.59 Å². The normalized spacial score (nSPS) is 14.3. The second-order valence-corrected chi connectivity index (χ2v) is 10.3. The summed E-state index contributed by atoms with van der Waals surface area (Å²) in [4.78, 5) is 27.7. The van der Waals surface area contributed by atoms with Gasteiger partial charge in [-0.25, -0.2) is 0 Å². The molecule has 3 aromatic rings. The minimum atomic E-state index is -0.352. The molecule has 1 fully saturated rings. The maximum atomic E-state index is 13.2. The van der Waals surface area contributed by atoms with Gasteiger partial charge in [0.1, 0.15) is 0 Å². The van der Waals surface area contributed by atoms with Crippen molar-refractivity contribution in [1.82, 2.24) is 0 Å². The van der Waals surface area contributed by atoms with Crippen molar-refractivity contribution in [3.05, 3.63) is 87.3 Å². The Morgan fingerprint density at radius 2 is 1.86 bits per heavy atom. The number of rotatable bonds is 8. The van der Waals surface area contributed by atoms with Crippen molar-refractivity contribution < 1.29 is 19.1 Å². The molecule has 2 amide bonds. The van der Waals surface area contributed by atoms with Gasteiger partial charge in [0, 0.05) is 0 Å². The van der Waals surface area contributed by atoms with Gasteiger partial charge in [-0.3, -0.25) is 14.5 Å². The number of carbonyl (C=O) groups excluding carboxylic acids is 2. The molecule has 1 aliphatic rings. The number of nitrogens with zero attached hydrogens (tertiary/aromatic N) is 1. The molecule has 37 heavy (non-hydrogen) atoms. The number of thioether (sulfide) groups is 1. The van der Waals surface area contributed by atoms with Crippen LogP contribution in [0, 0.1) is 13.8 Å². The van der Waals surface area contributed by atoms with Crippen LogP contribution in [0.4, 0.5) is 11.4 Å². The van der Waals surface area contributed by atoms with Crippen molar-refractivity contribution in [2.24, 2.45) is 0 Å².